The number of hydrogen-bond acceptors (Lipinski definition) is 4. The average molecular weight is 305 g/mol. The monoisotopic (exact) mass is 305 g/mol. The Hall–Kier alpha value is -1.39. The Kier molecular flexibility index (Phi) is 6.40. The van der Waals surface area contributed by atoms with Crippen LogP contribution in [0.15, 0.2) is 36.5 Å². The van der Waals surface area contributed by atoms with E-state index in [1.165, 1.54) is 25.7 Å². The molecular formula is C18H27NO3. The zero-order chi connectivity index (χ0) is 15.9. The van der Waals surface area contributed by atoms with Crippen molar-refractivity contribution in [2.45, 2.75) is 44.3 Å². The van der Waals surface area contributed by atoms with Crippen LogP contribution < -0.4 is 0 Å². The summed E-state index contributed by atoms with van der Waals surface area (Å²) in [4.78, 5) is 14.0. The van der Waals surface area contributed by atoms with E-state index in [4.69, 9.17) is 4.74 Å². The summed E-state index contributed by atoms with van der Waals surface area (Å²) < 4.78 is 5.31. The average Bonchev–Trinajstić information content (AvgIpc) is 3.14. The van der Waals surface area contributed by atoms with Gasteiger partial charge in [-0.15, -0.1) is 0 Å². The Bertz CT molecular complexity index is 449. The summed E-state index contributed by atoms with van der Waals surface area (Å²) >= 11 is 0. The fourth-order valence-corrected chi connectivity index (χ4v) is 3.01. The number of aliphatic hydroxyl groups excluding tert-OH is 1. The van der Waals surface area contributed by atoms with Gasteiger partial charge in [0.25, 0.3) is 0 Å². The fourth-order valence-electron chi connectivity index (χ4n) is 3.01. The van der Waals surface area contributed by atoms with E-state index in [2.05, 4.69) is 17.6 Å². The summed E-state index contributed by atoms with van der Waals surface area (Å²) in [5.74, 6) is 0.0712. The number of carbonyl (C=O) groups is 1. The van der Waals surface area contributed by atoms with Crippen LogP contribution in [0.2, 0.25) is 0 Å². The summed E-state index contributed by atoms with van der Waals surface area (Å²) in [7, 11) is 1.99. The number of hydrogen-bond donors (Lipinski definition) is 1. The molecule has 0 amide bonds. The Morgan fingerprint density at radius 1 is 1.32 bits per heavy atom. The molecule has 4 nitrogen and oxygen atoms in total. The van der Waals surface area contributed by atoms with Crippen LogP contribution in [0, 0.1) is 5.92 Å². The molecule has 2 fully saturated rings. The van der Waals surface area contributed by atoms with Gasteiger partial charge in [0.1, 0.15) is 6.10 Å². The standard InChI is InChI=1S/C18H27NO3/c1-14(7-3-4-8-15-9-5-6-10-15)17(20)18(21)22-16-11-12-19(2)13-16/h3-4,7-8,15-17,20H,1,5-6,9-13H2,2H3/b7-3-,8-4-/t16?,17-/m1/s1. The van der Waals surface area contributed by atoms with Crippen molar-refractivity contribution in [1.29, 1.82) is 0 Å². The predicted molar refractivity (Wildman–Crippen MR) is 87.4 cm³/mol. The number of allylic oxidation sites excluding steroid dienone is 3. The lowest BCUT2D eigenvalue weighted by atomic mass is 10.1. The van der Waals surface area contributed by atoms with E-state index in [1.54, 1.807) is 6.08 Å². The van der Waals surface area contributed by atoms with Crippen molar-refractivity contribution in [2.75, 3.05) is 20.1 Å². The Balaban J connectivity index is 1.74. The molecule has 1 saturated heterocycles. The highest BCUT2D eigenvalue weighted by molar-refractivity contribution is 5.78. The number of likely N-dealkylation sites (tertiary alicyclic amines) is 1. The number of aliphatic hydroxyl groups is 1. The first-order valence-electron chi connectivity index (χ1n) is 8.17. The highest BCUT2D eigenvalue weighted by Gasteiger charge is 2.26. The van der Waals surface area contributed by atoms with E-state index >= 15 is 0 Å². The summed E-state index contributed by atoms with van der Waals surface area (Å²) in [6, 6.07) is 0. The molecule has 1 N–H and O–H groups in total. The second-order valence-electron chi connectivity index (χ2n) is 6.38. The van der Waals surface area contributed by atoms with Gasteiger partial charge in [0.05, 0.1) is 0 Å². The lowest BCUT2D eigenvalue weighted by molar-refractivity contribution is -0.156. The highest BCUT2D eigenvalue weighted by Crippen LogP contribution is 2.25. The molecule has 0 aromatic rings. The molecule has 4 heteroatoms. The van der Waals surface area contributed by atoms with Gasteiger partial charge in [-0.1, -0.05) is 43.7 Å². The van der Waals surface area contributed by atoms with Crippen LogP contribution in [0.4, 0.5) is 0 Å². The third kappa shape index (κ3) is 5.11. The van der Waals surface area contributed by atoms with Crippen LogP contribution in [0.1, 0.15) is 32.1 Å². The quantitative estimate of drug-likeness (QED) is 0.605. The maximum atomic E-state index is 11.9. The van der Waals surface area contributed by atoms with Crippen molar-refractivity contribution in [2.24, 2.45) is 5.92 Å². The van der Waals surface area contributed by atoms with Gasteiger partial charge >= 0.3 is 5.97 Å². The Morgan fingerprint density at radius 2 is 2.05 bits per heavy atom. The zero-order valence-electron chi connectivity index (χ0n) is 13.4. The maximum absolute atomic E-state index is 11.9. The summed E-state index contributed by atoms with van der Waals surface area (Å²) in [6.45, 7) is 5.40. The van der Waals surface area contributed by atoms with E-state index in [1.807, 2.05) is 19.2 Å². The molecule has 1 aliphatic carbocycles. The minimum Gasteiger partial charge on any atom is -0.459 e. The van der Waals surface area contributed by atoms with Gasteiger partial charge in [0, 0.05) is 13.1 Å². The molecule has 1 saturated carbocycles. The van der Waals surface area contributed by atoms with Crippen molar-refractivity contribution in [3.05, 3.63) is 36.5 Å². The molecule has 1 heterocycles. The first-order chi connectivity index (χ1) is 10.6. The van der Waals surface area contributed by atoms with Gasteiger partial charge in [-0.2, -0.15) is 0 Å². The highest BCUT2D eigenvalue weighted by atomic mass is 16.6. The van der Waals surface area contributed by atoms with Crippen LogP contribution in [0.3, 0.4) is 0 Å². The second kappa shape index (κ2) is 8.30. The van der Waals surface area contributed by atoms with Gasteiger partial charge in [-0.05, 0) is 37.8 Å². The molecule has 2 aliphatic rings. The van der Waals surface area contributed by atoms with E-state index in [0.717, 1.165) is 19.5 Å². The molecule has 0 radical (unpaired) electrons. The molecular weight excluding hydrogens is 278 g/mol. The van der Waals surface area contributed by atoms with Crippen molar-refractivity contribution in [3.63, 3.8) is 0 Å². The van der Waals surface area contributed by atoms with Crippen LogP contribution in [-0.4, -0.2) is 48.3 Å². The number of carbonyl (C=O) groups excluding carboxylic acids is 1. The number of esters is 1. The van der Waals surface area contributed by atoms with Gasteiger partial charge in [-0.3, -0.25) is 0 Å². The van der Waals surface area contributed by atoms with Crippen molar-refractivity contribution < 1.29 is 14.6 Å². The predicted octanol–water partition coefficient (Wildman–Crippen LogP) is 2.45. The van der Waals surface area contributed by atoms with Crippen LogP contribution in [0.25, 0.3) is 0 Å². The minimum atomic E-state index is -1.28. The first-order valence-corrected chi connectivity index (χ1v) is 8.17. The topological polar surface area (TPSA) is 49.8 Å². The molecule has 1 unspecified atom stereocenters. The third-order valence-corrected chi connectivity index (χ3v) is 4.41. The third-order valence-electron chi connectivity index (χ3n) is 4.41. The molecule has 0 aromatic heterocycles. The lowest BCUT2D eigenvalue weighted by Gasteiger charge is -2.15. The van der Waals surface area contributed by atoms with Crippen molar-refractivity contribution in [3.8, 4) is 0 Å². The van der Waals surface area contributed by atoms with Crippen molar-refractivity contribution in [1.82, 2.24) is 4.90 Å². The molecule has 0 spiro atoms. The summed E-state index contributed by atoms with van der Waals surface area (Å²) in [6.07, 6.45) is 12.2. The van der Waals surface area contributed by atoms with E-state index in [9.17, 15) is 9.90 Å². The van der Waals surface area contributed by atoms with Crippen LogP contribution in [-0.2, 0) is 9.53 Å². The molecule has 22 heavy (non-hydrogen) atoms. The number of ether oxygens (including phenoxy) is 1. The number of nitrogens with zero attached hydrogens (tertiary/aromatic N) is 1. The van der Waals surface area contributed by atoms with E-state index in [-0.39, 0.29) is 6.10 Å². The van der Waals surface area contributed by atoms with Gasteiger partial charge < -0.3 is 14.7 Å². The van der Waals surface area contributed by atoms with Gasteiger partial charge in [-0.25, -0.2) is 4.79 Å². The smallest absolute Gasteiger partial charge is 0.339 e. The number of likely N-dealkylation sites (N-methyl/N-ethyl adjacent to an activating group) is 1. The van der Waals surface area contributed by atoms with Gasteiger partial charge in [0.2, 0.25) is 0 Å². The molecule has 2 rings (SSSR count). The second-order valence-corrected chi connectivity index (χ2v) is 6.38. The van der Waals surface area contributed by atoms with E-state index < -0.39 is 12.1 Å². The largest absolute Gasteiger partial charge is 0.459 e. The SMILES string of the molecule is C=C(/C=C\C=C/C1CCCC1)[C@@H](O)C(=O)OC1CCN(C)C1. The summed E-state index contributed by atoms with van der Waals surface area (Å²) in [5, 5.41) is 9.96. The van der Waals surface area contributed by atoms with E-state index in [0.29, 0.717) is 11.5 Å². The normalized spacial score (nSPS) is 25.3. The number of rotatable bonds is 6. The Labute approximate surface area is 133 Å². The minimum absolute atomic E-state index is 0.119. The Morgan fingerprint density at radius 3 is 2.68 bits per heavy atom. The molecule has 0 aromatic carbocycles. The fraction of sp³-hybridized carbons (Fsp3) is 0.611. The summed E-state index contributed by atoms with van der Waals surface area (Å²) in [5.41, 5.74) is 0.368. The van der Waals surface area contributed by atoms with Crippen molar-refractivity contribution >= 4 is 5.97 Å². The maximum Gasteiger partial charge on any atom is 0.339 e. The lowest BCUT2D eigenvalue weighted by Crippen LogP contribution is -2.30. The molecule has 0 bridgehead atoms. The van der Waals surface area contributed by atoms with Crippen LogP contribution >= 0.6 is 0 Å². The zero-order valence-corrected chi connectivity index (χ0v) is 13.4. The van der Waals surface area contributed by atoms with Crippen LogP contribution in [0.5, 0.6) is 0 Å². The van der Waals surface area contributed by atoms with Gasteiger partial charge in [0.15, 0.2) is 6.10 Å². The molecule has 122 valence electrons. The molecule has 2 atom stereocenters. The first kappa shape index (κ1) is 17.0. The molecule has 1 aliphatic heterocycles.